The van der Waals surface area contributed by atoms with Gasteiger partial charge in [-0.3, -0.25) is 4.98 Å². The summed E-state index contributed by atoms with van der Waals surface area (Å²) < 4.78 is 14.4. The molecule has 2 heterocycles. The molecule has 5 rings (SSSR count). The van der Waals surface area contributed by atoms with Gasteiger partial charge in [-0.05, 0) is 46.3 Å². The molecule has 0 aliphatic heterocycles. The third-order valence-electron chi connectivity index (χ3n) is 5.47. The SMILES string of the molecule is N#Cc1cnc2c(Br)cc(NCc3[nH]cnc3-c3ccccc3)cc2c1Nc1ccc(F)c(Cl)c1. The van der Waals surface area contributed by atoms with Crippen molar-refractivity contribution in [3.05, 3.63) is 99.8 Å². The molecule has 0 saturated carbocycles. The predicted octanol–water partition coefficient (Wildman–Crippen LogP) is 7.41. The van der Waals surface area contributed by atoms with E-state index in [1.165, 1.54) is 18.3 Å². The Hall–Kier alpha value is -3.93. The van der Waals surface area contributed by atoms with Crippen LogP contribution < -0.4 is 10.6 Å². The van der Waals surface area contributed by atoms with Gasteiger partial charge in [-0.15, -0.1) is 0 Å². The quantitative estimate of drug-likeness (QED) is 0.206. The number of aromatic nitrogens is 3. The second-order valence-corrected chi connectivity index (χ2v) is 8.98. The van der Waals surface area contributed by atoms with Gasteiger partial charge in [-0.25, -0.2) is 9.37 Å². The number of nitrogens with one attached hydrogen (secondary N) is 3. The number of anilines is 3. The molecule has 3 N–H and O–H groups in total. The molecule has 3 aromatic carbocycles. The van der Waals surface area contributed by atoms with Gasteiger partial charge in [0.1, 0.15) is 11.9 Å². The fraction of sp³-hybridized carbons (Fsp3) is 0.0385. The van der Waals surface area contributed by atoms with E-state index in [0.717, 1.165) is 27.1 Å². The molecule has 6 nitrogen and oxygen atoms in total. The monoisotopic (exact) mass is 546 g/mol. The minimum absolute atomic E-state index is 0.0100. The van der Waals surface area contributed by atoms with Crippen LogP contribution in [0.25, 0.3) is 22.2 Å². The maximum absolute atomic E-state index is 13.6. The lowest BCUT2D eigenvalue weighted by Gasteiger charge is -2.15. The lowest BCUT2D eigenvalue weighted by Crippen LogP contribution is -2.03. The highest BCUT2D eigenvalue weighted by molar-refractivity contribution is 9.10. The van der Waals surface area contributed by atoms with Crippen molar-refractivity contribution < 1.29 is 4.39 Å². The first kappa shape index (κ1) is 22.8. The van der Waals surface area contributed by atoms with Gasteiger partial charge in [0.2, 0.25) is 0 Å². The van der Waals surface area contributed by atoms with Crippen LogP contribution in [0, 0.1) is 17.1 Å². The maximum atomic E-state index is 13.6. The summed E-state index contributed by atoms with van der Waals surface area (Å²) in [7, 11) is 0. The second kappa shape index (κ2) is 9.74. The van der Waals surface area contributed by atoms with E-state index in [4.69, 9.17) is 11.6 Å². The lowest BCUT2D eigenvalue weighted by atomic mass is 10.1. The van der Waals surface area contributed by atoms with Crippen molar-refractivity contribution in [2.75, 3.05) is 10.6 Å². The van der Waals surface area contributed by atoms with Crippen molar-refractivity contribution >= 4 is 55.5 Å². The van der Waals surface area contributed by atoms with Gasteiger partial charge in [-0.2, -0.15) is 5.26 Å². The van der Waals surface area contributed by atoms with Crippen molar-refractivity contribution in [1.29, 1.82) is 5.26 Å². The molecule has 172 valence electrons. The Kier molecular flexibility index (Phi) is 6.36. The molecular weight excluding hydrogens is 531 g/mol. The number of nitrogens with zero attached hydrogens (tertiary/aromatic N) is 3. The minimum atomic E-state index is -0.514. The van der Waals surface area contributed by atoms with Crippen LogP contribution >= 0.6 is 27.5 Å². The van der Waals surface area contributed by atoms with E-state index < -0.39 is 5.82 Å². The van der Waals surface area contributed by atoms with Crippen molar-refractivity contribution in [2.45, 2.75) is 6.54 Å². The molecular formula is C26H17BrClFN6. The Morgan fingerprint density at radius 1 is 1.06 bits per heavy atom. The molecule has 2 aromatic heterocycles. The van der Waals surface area contributed by atoms with Crippen LogP contribution in [0.15, 0.2) is 77.7 Å². The summed E-state index contributed by atoms with van der Waals surface area (Å²) in [6, 6.07) is 20.3. The van der Waals surface area contributed by atoms with Crippen LogP contribution in [0.5, 0.6) is 0 Å². The average molecular weight is 548 g/mol. The molecule has 0 aliphatic carbocycles. The second-order valence-electron chi connectivity index (χ2n) is 7.72. The highest BCUT2D eigenvalue weighted by Gasteiger charge is 2.15. The van der Waals surface area contributed by atoms with Crippen molar-refractivity contribution in [3.8, 4) is 17.3 Å². The Bertz CT molecular complexity index is 1580. The number of hydrogen-bond donors (Lipinski definition) is 3. The summed E-state index contributed by atoms with van der Waals surface area (Å²) in [4.78, 5) is 12.1. The molecule has 35 heavy (non-hydrogen) atoms. The smallest absolute Gasteiger partial charge is 0.141 e. The molecule has 0 unspecified atom stereocenters. The van der Waals surface area contributed by atoms with Crippen LogP contribution in [0.1, 0.15) is 11.3 Å². The molecule has 0 saturated heterocycles. The Balaban J connectivity index is 1.50. The molecule has 0 amide bonds. The minimum Gasteiger partial charge on any atom is -0.379 e. The number of hydrogen-bond acceptors (Lipinski definition) is 5. The number of H-pyrrole nitrogens is 1. The number of benzene rings is 3. The van der Waals surface area contributed by atoms with Crippen LogP contribution in [-0.2, 0) is 6.54 Å². The van der Waals surface area contributed by atoms with Gasteiger partial charge < -0.3 is 15.6 Å². The summed E-state index contributed by atoms with van der Waals surface area (Å²) in [6.07, 6.45) is 3.18. The zero-order chi connectivity index (χ0) is 24.4. The first-order chi connectivity index (χ1) is 17.0. The van der Waals surface area contributed by atoms with Gasteiger partial charge in [0.05, 0.1) is 46.1 Å². The van der Waals surface area contributed by atoms with E-state index in [0.29, 0.717) is 34.4 Å². The number of aromatic amines is 1. The maximum Gasteiger partial charge on any atom is 0.141 e. The highest BCUT2D eigenvalue weighted by atomic mass is 79.9. The summed E-state index contributed by atoms with van der Waals surface area (Å²) in [5.74, 6) is -0.514. The van der Waals surface area contributed by atoms with E-state index in [9.17, 15) is 9.65 Å². The fourth-order valence-electron chi connectivity index (χ4n) is 3.79. The number of fused-ring (bicyclic) bond motifs is 1. The third-order valence-corrected chi connectivity index (χ3v) is 6.36. The van der Waals surface area contributed by atoms with Crippen LogP contribution in [0.3, 0.4) is 0 Å². The molecule has 0 atom stereocenters. The molecule has 0 bridgehead atoms. The van der Waals surface area contributed by atoms with E-state index in [2.05, 4.69) is 47.6 Å². The summed E-state index contributed by atoms with van der Waals surface area (Å²) in [6.45, 7) is 0.504. The number of rotatable bonds is 6. The van der Waals surface area contributed by atoms with E-state index in [1.807, 2.05) is 42.5 Å². The zero-order valence-corrected chi connectivity index (χ0v) is 20.5. The lowest BCUT2D eigenvalue weighted by molar-refractivity contribution is 0.628. The van der Waals surface area contributed by atoms with E-state index in [-0.39, 0.29) is 5.02 Å². The Labute approximate surface area is 213 Å². The standard InChI is InChI=1S/C26H17BrClFN6/c27-20-9-18(31-13-23-25(34-14-33-23)15-4-2-1-3-5-15)8-19-24(16(11-30)12-32-26(19)20)35-17-6-7-22(29)21(28)10-17/h1-10,12,14,31H,13H2,(H,32,35)(H,33,34). The van der Waals surface area contributed by atoms with Crippen molar-refractivity contribution in [1.82, 2.24) is 15.0 Å². The molecule has 0 radical (unpaired) electrons. The summed E-state index contributed by atoms with van der Waals surface area (Å²) in [5.41, 5.74) is 5.79. The number of halogens is 3. The van der Waals surface area contributed by atoms with Crippen LogP contribution in [-0.4, -0.2) is 15.0 Å². The summed E-state index contributed by atoms with van der Waals surface area (Å²) >= 11 is 9.55. The predicted molar refractivity (Wildman–Crippen MR) is 140 cm³/mol. The molecule has 0 fully saturated rings. The van der Waals surface area contributed by atoms with Gasteiger partial charge in [-0.1, -0.05) is 41.9 Å². The Morgan fingerprint density at radius 3 is 2.66 bits per heavy atom. The van der Waals surface area contributed by atoms with Gasteiger partial charge in [0.25, 0.3) is 0 Å². The summed E-state index contributed by atoms with van der Waals surface area (Å²) in [5, 5.41) is 17.0. The molecule has 5 aromatic rings. The number of nitriles is 1. The van der Waals surface area contributed by atoms with Gasteiger partial charge in [0.15, 0.2) is 0 Å². The first-order valence-corrected chi connectivity index (χ1v) is 11.8. The van der Waals surface area contributed by atoms with Crippen molar-refractivity contribution in [2.24, 2.45) is 0 Å². The van der Waals surface area contributed by atoms with Crippen LogP contribution in [0.4, 0.5) is 21.5 Å². The number of pyridine rings is 1. The molecule has 0 aliphatic rings. The number of imidazole rings is 1. The van der Waals surface area contributed by atoms with Gasteiger partial charge >= 0.3 is 0 Å². The Morgan fingerprint density at radius 2 is 1.89 bits per heavy atom. The molecule has 0 spiro atoms. The fourth-order valence-corrected chi connectivity index (χ4v) is 4.53. The van der Waals surface area contributed by atoms with E-state index >= 15 is 0 Å². The zero-order valence-electron chi connectivity index (χ0n) is 18.1. The van der Waals surface area contributed by atoms with Gasteiger partial charge in [0, 0.05) is 33.0 Å². The topological polar surface area (TPSA) is 89.4 Å². The van der Waals surface area contributed by atoms with Crippen molar-refractivity contribution in [3.63, 3.8) is 0 Å². The first-order valence-electron chi connectivity index (χ1n) is 10.6. The molecule has 9 heteroatoms. The normalized spacial score (nSPS) is 10.8. The largest absolute Gasteiger partial charge is 0.379 e. The van der Waals surface area contributed by atoms with Crippen LogP contribution in [0.2, 0.25) is 5.02 Å². The highest BCUT2D eigenvalue weighted by Crippen LogP contribution is 2.36. The van der Waals surface area contributed by atoms with E-state index in [1.54, 1.807) is 12.4 Å². The third kappa shape index (κ3) is 4.69. The average Bonchev–Trinajstić information content (AvgIpc) is 3.34.